The first kappa shape index (κ1) is 13.6. The molecule has 1 amide bonds. The zero-order chi connectivity index (χ0) is 14.8. The van der Waals surface area contributed by atoms with Crippen molar-refractivity contribution in [3.63, 3.8) is 0 Å². The molecule has 0 fully saturated rings. The van der Waals surface area contributed by atoms with Crippen molar-refractivity contribution in [1.82, 2.24) is 0 Å². The largest absolute Gasteiger partial charge is 0.497 e. The molecule has 0 spiro atoms. The molecule has 0 saturated heterocycles. The number of carbonyl (C=O) groups excluding carboxylic acids is 1. The third-order valence-electron chi connectivity index (χ3n) is 3.24. The van der Waals surface area contributed by atoms with Gasteiger partial charge in [-0.05, 0) is 29.8 Å². The lowest BCUT2D eigenvalue weighted by Crippen LogP contribution is -2.14. The molecule has 1 heterocycles. The lowest BCUT2D eigenvalue weighted by molar-refractivity contribution is -0.115. The van der Waals surface area contributed by atoms with E-state index in [0.717, 1.165) is 5.56 Å². The third kappa shape index (κ3) is 2.90. The molecule has 106 valence electrons. The van der Waals surface area contributed by atoms with Crippen LogP contribution in [-0.4, -0.2) is 18.7 Å². The molecular weight excluding hydrogens is 288 g/mol. The normalized spacial score (nSPS) is 13.8. The van der Waals surface area contributed by atoms with Gasteiger partial charge in [-0.3, -0.25) is 9.79 Å². The van der Waals surface area contributed by atoms with E-state index in [0.29, 0.717) is 27.9 Å². The highest BCUT2D eigenvalue weighted by molar-refractivity contribution is 6.30. The maximum Gasteiger partial charge on any atom is 0.230 e. The highest BCUT2D eigenvalue weighted by atomic mass is 35.5. The van der Waals surface area contributed by atoms with Crippen molar-refractivity contribution >= 4 is 34.6 Å². The van der Waals surface area contributed by atoms with Crippen LogP contribution in [0.15, 0.2) is 47.5 Å². The number of benzene rings is 2. The number of methoxy groups -OCH3 is 1. The molecule has 1 aliphatic heterocycles. The highest BCUT2D eigenvalue weighted by Gasteiger charge is 2.17. The van der Waals surface area contributed by atoms with E-state index in [1.807, 2.05) is 24.3 Å². The van der Waals surface area contributed by atoms with Crippen LogP contribution in [0, 0.1) is 0 Å². The molecule has 2 aromatic rings. The van der Waals surface area contributed by atoms with Crippen molar-refractivity contribution in [2.75, 3.05) is 12.4 Å². The number of ether oxygens (including phenoxy) is 1. The third-order valence-corrected chi connectivity index (χ3v) is 3.49. The predicted octanol–water partition coefficient (Wildman–Crippen LogP) is 3.81. The van der Waals surface area contributed by atoms with Crippen LogP contribution in [0.4, 0.5) is 11.4 Å². The Hall–Kier alpha value is -2.33. The monoisotopic (exact) mass is 300 g/mol. The van der Waals surface area contributed by atoms with Gasteiger partial charge in [0.15, 0.2) is 0 Å². The molecular formula is C16H13ClN2O2. The lowest BCUT2D eigenvalue weighted by Gasteiger charge is -2.06. The number of rotatable bonds is 2. The first-order valence-corrected chi connectivity index (χ1v) is 6.85. The summed E-state index contributed by atoms with van der Waals surface area (Å²) in [5, 5.41) is 3.50. The zero-order valence-corrected chi connectivity index (χ0v) is 12.1. The topological polar surface area (TPSA) is 50.7 Å². The van der Waals surface area contributed by atoms with Crippen LogP contribution in [0.2, 0.25) is 5.02 Å². The van der Waals surface area contributed by atoms with Crippen molar-refractivity contribution in [2.45, 2.75) is 6.42 Å². The Labute approximate surface area is 127 Å². The molecule has 0 atom stereocenters. The number of nitrogens with zero attached hydrogens (tertiary/aromatic N) is 1. The Balaban J connectivity index is 2.06. The summed E-state index contributed by atoms with van der Waals surface area (Å²) in [4.78, 5) is 16.6. The molecule has 0 radical (unpaired) electrons. The highest BCUT2D eigenvalue weighted by Crippen LogP contribution is 2.32. The van der Waals surface area contributed by atoms with Crippen LogP contribution < -0.4 is 10.1 Å². The van der Waals surface area contributed by atoms with Crippen molar-refractivity contribution in [3.05, 3.63) is 53.1 Å². The molecule has 1 N–H and O–H groups in total. The summed E-state index contributed by atoms with van der Waals surface area (Å²) in [7, 11) is 1.59. The number of aliphatic imine (C=N–C) groups is 1. The van der Waals surface area contributed by atoms with Crippen LogP contribution >= 0.6 is 11.6 Å². The van der Waals surface area contributed by atoms with Gasteiger partial charge in [-0.15, -0.1) is 0 Å². The van der Waals surface area contributed by atoms with Crippen molar-refractivity contribution in [2.24, 2.45) is 4.99 Å². The number of fused-ring (bicyclic) bond motifs is 1. The van der Waals surface area contributed by atoms with Gasteiger partial charge in [-0.2, -0.15) is 0 Å². The molecule has 0 aliphatic carbocycles. The van der Waals surface area contributed by atoms with Crippen molar-refractivity contribution < 1.29 is 9.53 Å². The van der Waals surface area contributed by atoms with Gasteiger partial charge in [0.1, 0.15) is 5.75 Å². The second-order valence-corrected chi connectivity index (χ2v) is 5.11. The number of halogens is 1. The van der Waals surface area contributed by atoms with Crippen molar-refractivity contribution in [1.29, 1.82) is 0 Å². The Bertz CT molecular complexity index is 724. The summed E-state index contributed by atoms with van der Waals surface area (Å²) in [5.41, 5.74) is 2.97. The van der Waals surface area contributed by atoms with E-state index in [4.69, 9.17) is 16.3 Å². The second-order valence-electron chi connectivity index (χ2n) is 4.67. The number of hydrogen-bond acceptors (Lipinski definition) is 3. The minimum absolute atomic E-state index is 0.101. The summed E-state index contributed by atoms with van der Waals surface area (Å²) >= 11 is 5.89. The van der Waals surface area contributed by atoms with E-state index >= 15 is 0 Å². The molecule has 0 saturated carbocycles. The van der Waals surface area contributed by atoms with Gasteiger partial charge in [0.25, 0.3) is 0 Å². The van der Waals surface area contributed by atoms with Crippen LogP contribution in [-0.2, 0) is 4.79 Å². The summed E-state index contributed by atoms with van der Waals surface area (Å²) in [5.74, 6) is 0.579. The number of carbonyl (C=O) groups is 1. The standard InChI is InChI=1S/C16H13ClN2O2/c1-21-12-6-7-13-15(8-12)19-16(20)9-14(18-13)10-2-4-11(17)5-3-10/h2-8H,9H2,1H3,(H,19,20). The van der Waals surface area contributed by atoms with Gasteiger partial charge in [0.2, 0.25) is 5.91 Å². The Morgan fingerprint density at radius 2 is 1.95 bits per heavy atom. The van der Waals surface area contributed by atoms with E-state index in [2.05, 4.69) is 10.3 Å². The fourth-order valence-electron chi connectivity index (χ4n) is 2.18. The average Bonchev–Trinajstić information content (AvgIpc) is 2.65. The van der Waals surface area contributed by atoms with Gasteiger partial charge < -0.3 is 10.1 Å². The fraction of sp³-hybridized carbons (Fsp3) is 0.125. The fourth-order valence-corrected chi connectivity index (χ4v) is 2.31. The zero-order valence-electron chi connectivity index (χ0n) is 11.4. The minimum atomic E-state index is -0.101. The number of anilines is 1. The first-order chi connectivity index (χ1) is 10.2. The lowest BCUT2D eigenvalue weighted by atomic mass is 10.1. The van der Waals surface area contributed by atoms with Crippen LogP contribution in [0.5, 0.6) is 5.75 Å². The Morgan fingerprint density at radius 3 is 2.67 bits per heavy atom. The quantitative estimate of drug-likeness (QED) is 0.917. The summed E-state index contributed by atoms with van der Waals surface area (Å²) in [6, 6.07) is 12.7. The minimum Gasteiger partial charge on any atom is -0.497 e. The number of amides is 1. The van der Waals surface area contributed by atoms with Gasteiger partial charge in [0.05, 0.1) is 30.6 Å². The molecule has 0 unspecified atom stereocenters. The Kier molecular flexibility index (Phi) is 3.62. The summed E-state index contributed by atoms with van der Waals surface area (Å²) in [6.07, 6.45) is 0.221. The van der Waals surface area contributed by atoms with E-state index in [1.54, 1.807) is 25.3 Å². The van der Waals surface area contributed by atoms with Crippen LogP contribution in [0.3, 0.4) is 0 Å². The molecule has 2 aromatic carbocycles. The maximum atomic E-state index is 12.0. The number of hydrogen-bond donors (Lipinski definition) is 1. The summed E-state index contributed by atoms with van der Waals surface area (Å²) in [6.45, 7) is 0. The maximum absolute atomic E-state index is 12.0. The predicted molar refractivity (Wildman–Crippen MR) is 83.9 cm³/mol. The Morgan fingerprint density at radius 1 is 1.19 bits per heavy atom. The van der Waals surface area contributed by atoms with Crippen molar-refractivity contribution in [3.8, 4) is 5.75 Å². The van der Waals surface area contributed by atoms with E-state index < -0.39 is 0 Å². The SMILES string of the molecule is COc1ccc2c(c1)NC(=O)CC(c1ccc(Cl)cc1)=N2. The van der Waals surface area contributed by atoms with Gasteiger partial charge in [-0.25, -0.2) is 0 Å². The first-order valence-electron chi connectivity index (χ1n) is 6.47. The van der Waals surface area contributed by atoms with Gasteiger partial charge in [-0.1, -0.05) is 23.7 Å². The van der Waals surface area contributed by atoms with Crippen LogP contribution in [0.1, 0.15) is 12.0 Å². The molecule has 0 aromatic heterocycles. The van der Waals surface area contributed by atoms with E-state index in [1.165, 1.54) is 0 Å². The van der Waals surface area contributed by atoms with Gasteiger partial charge >= 0.3 is 0 Å². The molecule has 1 aliphatic rings. The summed E-state index contributed by atoms with van der Waals surface area (Å²) < 4.78 is 5.17. The second kappa shape index (κ2) is 5.58. The van der Waals surface area contributed by atoms with E-state index in [9.17, 15) is 4.79 Å². The smallest absolute Gasteiger partial charge is 0.230 e. The molecule has 5 heteroatoms. The average molecular weight is 301 g/mol. The van der Waals surface area contributed by atoms with Gasteiger partial charge in [0, 0.05) is 11.1 Å². The van der Waals surface area contributed by atoms with Crippen LogP contribution in [0.25, 0.3) is 0 Å². The molecule has 3 rings (SSSR count). The van der Waals surface area contributed by atoms with E-state index in [-0.39, 0.29) is 12.3 Å². The molecule has 21 heavy (non-hydrogen) atoms. The number of nitrogens with one attached hydrogen (secondary N) is 1. The molecule has 0 bridgehead atoms. The molecule has 4 nitrogen and oxygen atoms in total.